The summed E-state index contributed by atoms with van der Waals surface area (Å²) in [4.78, 5) is 0. The molecular formula is C47H80O17. The van der Waals surface area contributed by atoms with Crippen LogP contribution in [0.5, 0.6) is 0 Å². The zero-order chi connectivity index (χ0) is 47.1. The van der Waals surface area contributed by atoms with Crippen LogP contribution in [0.1, 0.15) is 113 Å². The predicted octanol–water partition coefficient (Wildman–Crippen LogP) is 0.612. The Morgan fingerprint density at radius 1 is 0.672 bits per heavy atom. The normalized spacial score (nSPS) is 52.5. The van der Waals surface area contributed by atoms with Crippen molar-refractivity contribution in [1.29, 1.82) is 0 Å². The first kappa shape index (κ1) is 50.9. The van der Waals surface area contributed by atoms with Crippen molar-refractivity contribution >= 4 is 0 Å². The van der Waals surface area contributed by atoms with Crippen molar-refractivity contribution in [2.24, 2.45) is 45.3 Å². The van der Waals surface area contributed by atoms with E-state index in [9.17, 15) is 56.2 Å². The summed E-state index contributed by atoms with van der Waals surface area (Å²) < 4.78 is 36.5. The molecule has 13 unspecified atom stereocenters. The summed E-state index contributed by atoms with van der Waals surface area (Å²) in [7, 11) is 0. The van der Waals surface area contributed by atoms with Gasteiger partial charge >= 0.3 is 0 Å². The summed E-state index contributed by atoms with van der Waals surface area (Å²) in [6.07, 6.45) is -12.4. The van der Waals surface area contributed by atoms with Crippen molar-refractivity contribution in [3.63, 3.8) is 0 Å². The first-order chi connectivity index (χ1) is 29.9. The maximum atomic E-state index is 12.7. The molecule has 4 saturated carbocycles. The Balaban J connectivity index is 1.11. The van der Waals surface area contributed by atoms with E-state index in [-0.39, 0.29) is 52.6 Å². The topological polar surface area (TPSA) is 278 Å². The van der Waals surface area contributed by atoms with Crippen LogP contribution in [-0.2, 0) is 28.4 Å². The number of rotatable bonds is 12. The second-order valence-corrected chi connectivity index (χ2v) is 22.5. The second kappa shape index (κ2) is 18.8. The molecule has 7 fully saturated rings. The Bertz CT molecular complexity index is 1630. The van der Waals surface area contributed by atoms with E-state index >= 15 is 0 Å². The fraction of sp³-hybridized carbons (Fsp3) is 0.957. The SMILES string of the molecule is CC(C)=CCC[C@](C)(O[C@@H]1OC(CO[C@@H]2OCC(O)C(O)[C@H]2O)C(O)C(O)[C@H]1O)[C@H]1CC[C@]2(C)C1C(O)CC1[C@@]3(C)CCC(O[C@@H]4OC(CO)C(O)C(O)[C@H]4O)C(C)(C)C3CC[C@]12C. The first-order valence-corrected chi connectivity index (χ1v) is 23.8. The Kier molecular flexibility index (Phi) is 14.9. The van der Waals surface area contributed by atoms with Gasteiger partial charge in [0.15, 0.2) is 18.9 Å². The molecule has 7 rings (SSSR count). The van der Waals surface area contributed by atoms with E-state index in [0.29, 0.717) is 25.7 Å². The van der Waals surface area contributed by atoms with Crippen LogP contribution in [0.2, 0.25) is 0 Å². The molecule has 0 aromatic carbocycles. The number of aliphatic hydroxyl groups excluding tert-OH is 11. The van der Waals surface area contributed by atoms with Crippen molar-refractivity contribution < 1.29 is 84.6 Å². The number of ether oxygens (including phenoxy) is 6. The van der Waals surface area contributed by atoms with Gasteiger partial charge in [-0.15, -0.1) is 0 Å². The summed E-state index contributed by atoms with van der Waals surface area (Å²) in [6.45, 7) is 16.3. The van der Waals surface area contributed by atoms with E-state index in [1.165, 1.54) is 0 Å². The van der Waals surface area contributed by atoms with Gasteiger partial charge in [-0.2, -0.15) is 0 Å². The maximum Gasteiger partial charge on any atom is 0.187 e. The van der Waals surface area contributed by atoms with Crippen molar-refractivity contribution in [2.75, 3.05) is 19.8 Å². The molecule has 0 amide bonds. The number of allylic oxidation sites excluding steroid dienone is 2. The number of aliphatic hydroxyl groups is 11. The van der Waals surface area contributed by atoms with Crippen LogP contribution in [0.4, 0.5) is 0 Å². The Morgan fingerprint density at radius 3 is 1.94 bits per heavy atom. The second-order valence-electron chi connectivity index (χ2n) is 22.5. The molecule has 370 valence electrons. The van der Waals surface area contributed by atoms with Gasteiger partial charge in [0.05, 0.1) is 37.6 Å². The lowest BCUT2D eigenvalue weighted by molar-refractivity contribution is -0.346. The third kappa shape index (κ3) is 8.60. The van der Waals surface area contributed by atoms with E-state index in [1.54, 1.807) is 0 Å². The van der Waals surface area contributed by atoms with Crippen molar-refractivity contribution in [3.05, 3.63) is 11.6 Å². The monoisotopic (exact) mass is 917 g/mol. The van der Waals surface area contributed by atoms with Gasteiger partial charge < -0.3 is 84.6 Å². The lowest BCUT2D eigenvalue weighted by Gasteiger charge is -2.71. The zero-order valence-electron chi connectivity index (χ0n) is 39.0. The van der Waals surface area contributed by atoms with Crippen LogP contribution < -0.4 is 0 Å². The standard InChI is InChI=1S/C47H80O17/c1-22(2)10-9-14-47(8,64-42-39(58)36(55)34(53)27(62-42)21-60-40-37(56)32(51)25(50)20-59-40)23-11-16-46(7)31(23)24(49)18-29-44(5)15-13-30(43(3,4)28(44)12-17-45(29,46)6)63-41-38(57)35(54)33(52)26(19-48)61-41/h10,23-42,48-58H,9,11-21H2,1-8H3/t23-,24?,25?,26?,27?,28?,29?,30?,31?,32?,33?,34?,35?,36?,37+,38+,39+,40-,41-,42-,44-,45+,46+,47-/m0/s1. The van der Waals surface area contributed by atoms with E-state index in [4.69, 9.17) is 28.4 Å². The molecule has 0 radical (unpaired) electrons. The quantitative estimate of drug-likeness (QED) is 0.0946. The molecular weight excluding hydrogens is 836 g/mol. The molecule has 64 heavy (non-hydrogen) atoms. The molecule has 3 aliphatic heterocycles. The molecule has 0 spiro atoms. The largest absolute Gasteiger partial charge is 0.394 e. The molecule has 0 bridgehead atoms. The van der Waals surface area contributed by atoms with Gasteiger partial charge in [0, 0.05) is 0 Å². The van der Waals surface area contributed by atoms with Crippen molar-refractivity contribution in [3.8, 4) is 0 Å². The summed E-state index contributed by atoms with van der Waals surface area (Å²) in [5, 5.41) is 118. The highest BCUT2D eigenvalue weighted by atomic mass is 16.7. The third-order valence-electron chi connectivity index (χ3n) is 18.4. The Morgan fingerprint density at radius 2 is 1.28 bits per heavy atom. The summed E-state index contributed by atoms with van der Waals surface area (Å²) in [5.41, 5.74) is -0.948. The van der Waals surface area contributed by atoms with Crippen LogP contribution >= 0.6 is 0 Å². The van der Waals surface area contributed by atoms with Crippen molar-refractivity contribution in [2.45, 2.75) is 217 Å². The maximum absolute atomic E-state index is 12.7. The minimum Gasteiger partial charge on any atom is -0.394 e. The van der Waals surface area contributed by atoms with Crippen LogP contribution in [-0.4, -0.2) is 180 Å². The Labute approximate surface area is 377 Å². The van der Waals surface area contributed by atoms with Gasteiger partial charge in [-0.1, -0.05) is 46.3 Å². The van der Waals surface area contributed by atoms with E-state index in [2.05, 4.69) is 40.7 Å². The highest BCUT2D eigenvalue weighted by Gasteiger charge is 2.72. The molecule has 11 N–H and O–H groups in total. The predicted molar refractivity (Wildman–Crippen MR) is 228 cm³/mol. The molecule has 3 heterocycles. The molecule has 4 aliphatic carbocycles. The molecule has 0 aromatic rings. The van der Waals surface area contributed by atoms with Gasteiger partial charge in [0.1, 0.15) is 67.1 Å². The number of hydrogen-bond acceptors (Lipinski definition) is 17. The number of hydrogen-bond donors (Lipinski definition) is 11. The minimum absolute atomic E-state index is 0.149. The van der Waals surface area contributed by atoms with Crippen LogP contribution in [0, 0.1) is 45.3 Å². The van der Waals surface area contributed by atoms with E-state index in [0.717, 1.165) is 37.7 Å². The van der Waals surface area contributed by atoms with E-state index < -0.39 is 116 Å². The molecule has 7 aliphatic rings. The van der Waals surface area contributed by atoms with Gasteiger partial charge in [0.25, 0.3) is 0 Å². The summed E-state index contributed by atoms with van der Waals surface area (Å²) in [6, 6.07) is 0. The lowest BCUT2D eigenvalue weighted by Crippen LogP contribution is -2.67. The zero-order valence-corrected chi connectivity index (χ0v) is 39.0. The smallest absolute Gasteiger partial charge is 0.187 e. The number of fused-ring (bicyclic) bond motifs is 5. The summed E-state index contributed by atoms with van der Waals surface area (Å²) >= 11 is 0. The average Bonchev–Trinajstić information content (AvgIpc) is 3.62. The fourth-order valence-electron chi connectivity index (χ4n) is 14.5. The van der Waals surface area contributed by atoms with Crippen LogP contribution in [0.3, 0.4) is 0 Å². The van der Waals surface area contributed by atoms with Crippen LogP contribution in [0.25, 0.3) is 0 Å². The molecule has 0 aromatic heterocycles. The van der Waals surface area contributed by atoms with Gasteiger partial charge in [-0.3, -0.25) is 0 Å². The molecule has 17 nitrogen and oxygen atoms in total. The van der Waals surface area contributed by atoms with Gasteiger partial charge in [-0.05, 0) is 124 Å². The highest BCUT2D eigenvalue weighted by molar-refractivity contribution is 5.20. The van der Waals surface area contributed by atoms with Gasteiger partial charge in [0.2, 0.25) is 0 Å². The fourth-order valence-corrected chi connectivity index (χ4v) is 14.5. The van der Waals surface area contributed by atoms with Crippen LogP contribution in [0.15, 0.2) is 11.6 Å². The molecule has 24 atom stereocenters. The summed E-state index contributed by atoms with van der Waals surface area (Å²) in [5.74, 6) is -0.0478. The highest BCUT2D eigenvalue weighted by Crippen LogP contribution is 2.76. The first-order valence-electron chi connectivity index (χ1n) is 23.8. The molecule has 17 heteroatoms. The minimum atomic E-state index is -1.68. The van der Waals surface area contributed by atoms with Crippen molar-refractivity contribution in [1.82, 2.24) is 0 Å². The lowest BCUT2D eigenvalue weighted by atomic mass is 9.35. The third-order valence-corrected chi connectivity index (χ3v) is 18.4. The molecule has 3 saturated heterocycles. The average molecular weight is 917 g/mol. The van der Waals surface area contributed by atoms with Gasteiger partial charge in [-0.25, -0.2) is 0 Å². The van der Waals surface area contributed by atoms with E-state index in [1.807, 2.05) is 20.8 Å². The Hall–Kier alpha value is -0.940.